The maximum atomic E-state index is 12.8. The maximum absolute atomic E-state index is 12.8. The Morgan fingerprint density at radius 2 is 2.18 bits per heavy atom. The Labute approximate surface area is 163 Å². The molecule has 0 spiro atoms. The number of ether oxygens (including phenoxy) is 1. The number of rotatable bonds is 5. The van der Waals surface area contributed by atoms with E-state index in [-0.39, 0.29) is 11.8 Å². The molecule has 1 saturated heterocycles. The van der Waals surface area contributed by atoms with Crippen LogP contribution in [0.25, 0.3) is 11.4 Å². The van der Waals surface area contributed by atoms with Gasteiger partial charge in [-0.15, -0.1) is 0 Å². The van der Waals surface area contributed by atoms with Crippen LogP contribution in [0.1, 0.15) is 30.2 Å². The van der Waals surface area contributed by atoms with Crippen molar-refractivity contribution in [3.8, 4) is 17.1 Å². The van der Waals surface area contributed by atoms with Crippen molar-refractivity contribution in [2.45, 2.75) is 25.2 Å². The minimum absolute atomic E-state index is 0.0493. The van der Waals surface area contributed by atoms with E-state index in [4.69, 9.17) is 9.26 Å². The van der Waals surface area contributed by atoms with E-state index in [9.17, 15) is 4.79 Å². The van der Waals surface area contributed by atoms with E-state index in [0.717, 1.165) is 36.3 Å². The fourth-order valence-electron chi connectivity index (χ4n) is 3.54. The first kappa shape index (κ1) is 18.2. The summed E-state index contributed by atoms with van der Waals surface area (Å²) in [5.41, 5.74) is 1.71. The highest BCUT2D eigenvalue weighted by molar-refractivity contribution is 5.79. The second-order valence-corrected chi connectivity index (χ2v) is 6.87. The van der Waals surface area contributed by atoms with Gasteiger partial charge in [-0.3, -0.25) is 9.78 Å². The first-order valence-electron chi connectivity index (χ1n) is 9.38. The summed E-state index contributed by atoms with van der Waals surface area (Å²) < 4.78 is 10.9. The molecule has 4 rings (SSSR count). The van der Waals surface area contributed by atoms with Gasteiger partial charge in [0.05, 0.1) is 19.4 Å². The number of hydrogen-bond donors (Lipinski definition) is 0. The molecule has 2 aromatic heterocycles. The number of aromatic nitrogens is 3. The first-order chi connectivity index (χ1) is 13.7. The standard InChI is InChI=1S/C21H22N4O3/c1-27-18-9-3-2-6-15(18)12-19(26)25-11-5-8-17(14-25)21-23-20(24-28-21)16-7-4-10-22-13-16/h2-4,6-7,9-10,13,17H,5,8,11-12,14H2,1H3. The van der Waals surface area contributed by atoms with Crippen LogP contribution < -0.4 is 4.74 Å². The Hall–Kier alpha value is -3.22. The largest absolute Gasteiger partial charge is 0.496 e. The van der Waals surface area contributed by atoms with Gasteiger partial charge >= 0.3 is 0 Å². The fraction of sp³-hybridized carbons (Fsp3) is 0.333. The zero-order valence-corrected chi connectivity index (χ0v) is 15.7. The normalized spacial score (nSPS) is 16.8. The number of likely N-dealkylation sites (tertiary alicyclic amines) is 1. The molecule has 7 nitrogen and oxygen atoms in total. The summed E-state index contributed by atoms with van der Waals surface area (Å²) in [6, 6.07) is 11.4. The molecule has 7 heteroatoms. The van der Waals surface area contributed by atoms with Crippen LogP contribution in [0.15, 0.2) is 53.3 Å². The Balaban J connectivity index is 1.44. The number of amides is 1. The quantitative estimate of drug-likeness (QED) is 0.679. The number of pyridine rings is 1. The van der Waals surface area contributed by atoms with Gasteiger partial charge in [0.2, 0.25) is 17.6 Å². The Kier molecular flexibility index (Phi) is 5.32. The number of carbonyl (C=O) groups excluding carboxylic acids is 1. The van der Waals surface area contributed by atoms with Crippen LogP contribution in [0.2, 0.25) is 0 Å². The highest BCUT2D eigenvalue weighted by atomic mass is 16.5. The molecule has 3 aromatic rings. The molecule has 3 heterocycles. The molecule has 1 aliphatic heterocycles. The lowest BCUT2D eigenvalue weighted by molar-refractivity contribution is -0.131. The van der Waals surface area contributed by atoms with E-state index < -0.39 is 0 Å². The lowest BCUT2D eigenvalue weighted by Crippen LogP contribution is -2.40. The van der Waals surface area contributed by atoms with Gasteiger partial charge in [-0.1, -0.05) is 23.4 Å². The Bertz CT molecular complexity index is 942. The molecule has 1 atom stereocenters. The molecule has 0 N–H and O–H groups in total. The van der Waals surface area contributed by atoms with Crippen LogP contribution in [0.4, 0.5) is 0 Å². The van der Waals surface area contributed by atoms with Gasteiger partial charge in [0.15, 0.2) is 0 Å². The highest BCUT2D eigenvalue weighted by Gasteiger charge is 2.29. The van der Waals surface area contributed by atoms with E-state index in [1.54, 1.807) is 19.5 Å². The van der Waals surface area contributed by atoms with Crippen LogP contribution >= 0.6 is 0 Å². The first-order valence-corrected chi connectivity index (χ1v) is 9.38. The van der Waals surface area contributed by atoms with Crippen LogP contribution in [0.3, 0.4) is 0 Å². The van der Waals surface area contributed by atoms with Gasteiger partial charge in [0.25, 0.3) is 0 Å². The summed E-state index contributed by atoms with van der Waals surface area (Å²) in [4.78, 5) is 23.3. The number of methoxy groups -OCH3 is 1. The highest BCUT2D eigenvalue weighted by Crippen LogP contribution is 2.28. The number of nitrogens with zero attached hydrogens (tertiary/aromatic N) is 4. The van der Waals surface area contributed by atoms with Crippen molar-refractivity contribution in [3.05, 3.63) is 60.2 Å². The Morgan fingerprint density at radius 1 is 1.29 bits per heavy atom. The molecule has 1 unspecified atom stereocenters. The maximum Gasteiger partial charge on any atom is 0.231 e. The molecule has 1 aromatic carbocycles. The van der Waals surface area contributed by atoms with Crippen molar-refractivity contribution < 1.29 is 14.1 Å². The Morgan fingerprint density at radius 3 is 3.00 bits per heavy atom. The van der Waals surface area contributed by atoms with Crippen LogP contribution in [0, 0.1) is 0 Å². The molecular formula is C21H22N4O3. The van der Waals surface area contributed by atoms with Crippen molar-refractivity contribution in [1.82, 2.24) is 20.0 Å². The predicted molar refractivity (Wildman–Crippen MR) is 103 cm³/mol. The van der Waals surface area contributed by atoms with E-state index in [0.29, 0.717) is 24.7 Å². The van der Waals surface area contributed by atoms with Gasteiger partial charge in [-0.05, 0) is 31.0 Å². The van der Waals surface area contributed by atoms with Gasteiger partial charge in [0.1, 0.15) is 5.75 Å². The number of benzene rings is 1. The van der Waals surface area contributed by atoms with Crippen molar-refractivity contribution in [3.63, 3.8) is 0 Å². The van der Waals surface area contributed by atoms with E-state index in [2.05, 4.69) is 15.1 Å². The lowest BCUT2D eigenvalue weighted by Gasteiger charge is -2.31. The second kappa shape index (κ2) is 8.21. The van der Waals surface area contributed by atoms with Crippen molar-refractivity contribution in [1.29, 1.82) is 0 Å². The van der Waals surface area contributed by atoms with Gasteiger partial charge < -0.3 is 14.2 Å². The molecule has 28 heavy (non-hydrogen) atoms. The van der Waals surface area contributed by atoms with Gasteiger partial charge in [-0.2, -0.15) is 4.98 Å². The number of carbonyl (C=O) groups is 1. The van der Waals surface area contributed by atoms with Crippen LogP contribution in [0.5, 0.6) is 5.75 Å². The summed E-state index contributed by atoms with van der Waals surface area (Å²) in [5.74, 6) is 1.98. The zero-order valence-electron chi connectivity index (χ0n) is 15.7. The number of piperidine rings is 1. The topological polar surface area (TPSA) is 81.4 Å². The van der Waals surface area contributed by atoms with Gasteiger partial charge in [0, 0.05) is 36.6 Å². The smallest absolute Gasteiger partial charge is 0.231 e. The summed E-state index contributed by atoms with van der Waals surface area (Å²) in [5, 5.41) is 4.08. The van der Waals surface area contributed by atoms with Gasteiger partial charge in [-0.25, -0.2) is 0 Å². The molecule has 144 valence electrons. The molecule has 0 radical (unpaired) electrons. The van der Waals surface area contributed by atoms with Crippen molar-refractivity contribution >= 4 is 5.91 Å². The molecule has 0 aliphatic carbocycles. The fourth-order valence-corrected chi connectivity index (χ4v) is 3.54. The number of para-hydroxylation sites is 1. The van der Waals surface area contributed by atoms with Crippen molar-refractivity contribution in [2.24, 2.45) is 0 Å². The summed E-state index contributed by atoms with van der Waals surface area (Å²) in [6.07, 6.45) is 5.57. The van der Waals surface area contributed by atoms with E-state index in [1.165, 1.54) is 0 Å². The molecule has 1 aliphatic rings. The number of hydrogen-bond acceptors (Lipinski definition) is 6. The summed E-state index contributed by atoms with van der Waals surface area (Å²) in [6.45, 7) is 1.33. The third-order valence-corrected chi connectivity index (χ3v) is 5.02. The minimum atomic E-state index is 0.0493. The third kappa shape index (κ3) is 3.88. The predicted octanol–water partition coefficient (Wildman–Crippen LogP) is 3.09. The molecule has 1 fully saturated rings. The summed E-state index contributed by atoms with van der Waals surface area (Å²) >= 11 is 0. The zero-order chi connectivity index (χ0) is 19.3. The second-order valence-electron chi connectivity index (χ2n) is 6.87. The van der Waals surface area contributed by atoms with Crippen LogP contribution in [-0.4, -0.2) is 46.1 Å². The average Bonchev–Trinajstić information content (AvgIpc) is 3.25. The molecule has 1 amide bonds. The third-order valence-electron chi connectivity index (χ3n) is 5.02. The summed E-state index contributed by atoms with van der Waals surface area (Å²) in [7, 11) is 1.62. The van der Waals surface area contributed by atoms with Crippen molar-refractivity contribution in [2.75, 3.05) is 20.2 Å². The van der Waals surface area contributed by atoms with E-state index >= 15 is 0 Å². The monoisotopic (exact) mass is 378 g/mol. The SMILES string of the molecule is COc1ccccc1CC(=O)N1CCCC(c2nc(-c3cccnc3)no2)C1. The van der Waals surface area contributed by atoms with Crippen LogP contribution in [-0.2, 0) is 11.2 Å². The molecule has 0 saturated carbocycles. The molecule has 0 bridgehead atoms. The average molecular weight is 378 g/mol. The molecular weight excluding hydrogens is 356 g/mol. The minimum Gasteiger partial charge on any atom is -0.496 e. The van der Waals surface area contributed by atoms with E-state index in [1.807, 2.05) is 41.3 Å². The lowest BCUT2D eigenvalue weighted by atomic mass is 9.97.